The van der Waals surface area contributed by atoms with E-state index in [2.05, 4.69) is 0 Å². The van der Waals surface area contributed by atoms with Gasteiger partial charge in [0.2, 0.25) is 0 Å². The molecule has 1 amide bonds. The van der Waals surface area contributed by atoms with Crippen LogP contribution >= 0.6 is 0 Å². The predicted octanol–water partition coefficient (Wildman–Crippen LogP) is 2.60. The number of rotatable bonds is 4. The van der Waals surface area contributed by atoms with E-state index >= 15 is 0 Å². The maximum absolute atomic E-state index is 13.0. The molecule has 6 heteroatoms. The van der Waals surface area contributed by atoms with Gasteiger partial charge >= 0.3 is 5.97 Å². The molecule has 2 aromatic rings. The first kappa shape index (κ1) is 16.8. The van der Waals surface area contributed by atoms with E-state index in [1.807, 2.05) is 6.07 Å². The molecule has 0 aromatic heterocycles. The summed E-state index contributed by atoms with van der Waals surface area (Å²) in [6.45, 7) is 0.939. The number of para-hydroxylation sites is 1. The number of carbonyl (C=O) groups is 2. The van der Waals surface area contributed by atoms with Gasteiger partial charge in [-0.25, -0.2) is 4.79 Å². The highest BCUT2D eigenvalue weighted by Crippen LogP contribution is 2.32. The molecule has 3 rings (SSSR count). The van der Waals surface area contributed by atoms with Gasteiger partial charge in [-0.1, -0.05) is 12.1 Å². The van der Waals surface area contributed by atoms with Crippen LogP contribution in [0.3, 0.4) is 0 Å². The highest BCUT2D eigenvalue weighted by atomic mass is 16.5. The summed E-state index contributed by atoms with van der Waals surface area (Å²) >= 11 is 0. The first-order valence-corrected chi connectivity index (χ1v) is 7.90. The van der Waals surface area contributed by atoms with Crippen LogP contribution in [0.2, 0.25) is 0 Å². The molecule has 0 aliphatic carbocycles. The minimum Gasteiger partial charge on any atom is -0.493 e. The number of carboxylic acids is 1. The monoisotopic (exact) mass is 341 g/mol. The van der Waals surface area contributed by atoms with Gasteiger partial charge in [-0.2, -0.15) is 0 Å². The summed E-state index contributed by atoms with van der Waals surface area (Å²) in [7, 11) is 3.02. The molecule has 2 aromatic carbocycles. The number of aromatic carboxylic acids is 1. The fourth-order valence-electron chi connectivity index (χ4n) is 3.09. The van der Waals surface area contributed by atoms with Crippen molar-refractivity contribution in [2.75, 3.05) is 20.8 Å². The van der Waals surface area contributed by atoms with Gasteiger partial charge < -0.3 is 19.5 Å². The van der Waals surface area contributed by atoms with Gasteiger partial charge in [-0.15, -0.1) is 0 Å². The molecule has 0 saturated carbocycles. The molecule has 1 aliphatic heterocycles. The number of ether oxygens (including phenoxy) is 2. The van der Waals surface area contributed by atoms with E-state index in [1.54, 1.807) is 35.2 Å². The fraction of sp³-hybridized carbons (Fsp3) is 0.263. The molecular formula is C19H19NO5. The molecular weight excluding hydrogens is 322 g/mol. The van der Waals surface area contributed by atoms with E-state index in [0.717, 1.165) is 11.1 Å². The standard InChI is InChI=1S/C19H19NO5/c1-24-16-5-3-4-15(17(16)25-2)18(21)20-9-8-12-6-7-13(19(22)23)10-14(12)11-20/h3-7,10H,8-9,11H2,1-2H3,(H,22,23). The number of hydrogen-bond acceptors (Lipinski definition) is 4. The Balaban J connectivity index is 1.90. The third-order valence-electron chi connectivity index (χ3n) is 4.39. The molecule has 0 spiro atoms. The van der Waals surface area contributed by atoms with E-state index in [9.17, 15) is 9.59 Å². The Bertz CT molecular complexity index is 831. The number of methoxy groups -OCH3 is 2. The third-order valence-corrected chi connectivity index (χ3v) is 4.39. The van der Waals surface area contributed by atoms with Crippen LogP contribution < -0.4 is 9.47 Å². The molecule has 0 unspecified atom stereocenters. The van der Waals surface area contributed by atoms with Crippen molar-refractivity contribution in [3.05, 3.63) is 58.7 Å². The van der Waals surface area contributed by atoms with E-state index in [-0.39, 0.29) is 11.5 Å². The maximum Gasteiger partial charge on any atom is 0.335 e. The van der Waals surface area contributed by atoms with Crippen molar-refractivity contribution in [3.63, 3.8) is 0 Å². The van der Waals surface area contributed by atoms with Crippen LogP contribution in [0, 0.1) is 0 Å². The number of amides is 1. The lowest BCUT2D eigenvalue weighted by atomic mass is 9.96. The van der Waals surface area contributed by atoms with E-state index in [1.165, 1.54) is 14.2 Å². The second kappa shape index (κ2) is 6.84. The number of fused-ring (bicyclic) bond motifs is 1. The second-order valence-corrected chi connectivity index (χ2v) is 5.81. The Hall–Kier alpha value is -3.02. The average Bonchev–Trinajstić information content (AvgIpc) is 2.65. The van der Waals surface area contributed by atoms with Crippen molar-refractivity contribution in [2.45, 2.75) is 13.0 Å². The predicted molar refractivity (Wildman–Crippen MR) is 91.4 cm³/mol. The Morgan fingerprint density at radius 2 is 1.88 bits per heavy atom. The van der Waals surface area contributed by atoms with Crippen molar-refractivity contribution in [2.24, 2.45) is 0 Å². The minimum atomic E-state index is -0.972. The lowest BCUT2D eigenvalue weighted by Crippen LogP contribution is -2.36. The molecule has 0 radical (unpaired) electrons. The Morgan fingerprint density at radius 1 is 1.08 bits per heavy atom. The molecule has 1 heterocycles. The van der Waals surface area contributed by atoms with Crippen LogP contribution in [0.1, 0.15) is 31.8 Å². The molecule has 0 fully saturated rings. The van der Waals surface area contributed by atoms with Crippen molar-refractivity contribution in [1.82, 2.24) is 4.90 Å². The number of nitrogens with zero attached hydrogens (tertiary/aromatic N) is 1. The average molecular weight is 341 g/mol. The van der Waals surface area contributed by atoms with Gasteiger partial charge in [0.15, 0.2) is 11.5 Å². The Kier molecular flexibility index (Phi) is 4.61. The Labute approximate surface area is 145 Å². The summed E-state index contributed by atoms with van der Waals surface area (Å²) in [4.78, 5) is 25.8. The van der Waals surface area contributed by atoms with Gasteiger partial charge in [-0.3, -0.25) is 4.79 Å². The van der Waals surface area contributed by atoms with Crippen molar-refractivity contribution in [3.8, 4) is 11.5 Å². The topological polar surface area (TPSA) is 76.1 Å². The van der Waals surface area contributed by atoms with Crippen LogP contribution in [-0.2, 0) is 13.0 Å². The third kappa shape index (κ3) is 3.15. The summed E-state index contributed by atoms with van der Waals surface area (Å²) in [5.74, 6) is -0.234. The quantitative estimate of drug-likeness (QED) is 0.925. The van der Waals surface area contributed by atoms with Crippen LogP contribution in [0.15, 0.2) is 36.4 Å². The first-order chi connectivity index (χ1) is 12.0. The van der Waals surface area contributed by atoms with Crippen molar-refractivity contribution < 1.29 is 24.2 Å². The van der Waals surface area contributed by atoms with Gasteiger partial charge in [0.1, 0.15) is 0 Å². The van der Waals surface area contributed by atoms with Crippen molar-refractivity contribution in [1.29, 1.82) is 0 Å². The van der Waals surface area contributed by atoms with Gasteiger partial charge in [0.05, 0.1) is 25.3 Å². The molecule has 0 saturated heterocycles. The lowest BCUT2D eigenvalue weighted by molar-refractivity contribution is 0.0696. The maximum atomic E-state index is 13.0. The van der Waals surface area contributed by atoms with Gasteiger partial charge in [0.25, 0.3) is 5.91 Å². The van der Waals surface area contributed by atoms with Crippen molar-refractivity contribution >= 4 is 11.9 Å². The fourth-order valence-corrected chi connectivity index (χ4v) is 3.09. The largest absolute Gasteiger partial charge is 0.493 e. The van der Waals surface area contributed by atoms with E-state index in [0.29, 0.717) is 36.6 Å². The lowest BCUT2D eigenvalue weighted by Gasteiger charge is -2.29. The number of hydrogen-bond donors (Lipinski definition) is 1. The van der Waals surface area contributed by atoms with Crippen LogP contribution in [-0.4, -0.2) is 42.6 Å². The molecule has 1 N–H and O–H groups in total. The van der Waals surface area contributed by atoms with E-state index < -0.39 is 5.97 Å². The van der Waals surface area contributed by atoms with Gasteiger partial charge in [-0.05, 0) is 41.8 Å². The summed E-state index contributed by atoms with van der Waals surface area (Å²) in [6, 6.07) is 10.2. The zero-order valence-electron chi connectivity index (χ0n) is 14.1. The second-order valence-electron chi connectivity index (χ2n) is 5.81. The SMILES string of the molecule is COc1cccc(C(=O)N2CCc3ccc(C(=O)O)cc3C2)c1OC. The van der Waals surface area contributed by atoms with Crippen LogP contribution in [0.5, 0.6) is 11.5 Å². The summed E-state index contributed by atoms with van der Waals surface area (Å²) in [5, 5.41) is 9.15. The molecule has 25 heavy (non-hydrogen) atoms. The number of carboxylic acid groups (broad SMARTS) is 1. The summed E-state index contributed by atoms with van der Waals surface area (Å²) in [5.41, 5.74) is 2.60. The number of carbonyl (C=O) groups excluding carboxylic acids is 1. The summed E-state index contributed by atoms with van der Waals surface area (Å²) < 4.78 is 10.6. The molecule has 6 nitrogen and oxygen atoms in total. The molecule has 130 valence electrons. The minimum absolute atomic E-state index is 0.165. The number of benzene rings is 2. The zero-order chi connectivity index (χ0) is 18.0. The van der Waals surface area contributed by atoms with Crippen LogP contribution in [0.25, 0.3) is 0 Å². The highest BCUT2D eigenvalue weighted by Gasteiger charge is 2.26. The summed E-state index contributed by atoms with van der Waals surface area (Å²) in [6.07, 6.45) is 0.688. The smallest absolute Gasteiger partial charge is 0.335 e. The normalized spacial score (nSPS) is 13.1. The first-order valence-electron chi connectivity index (χ1n) is 7.90. The van der Waals surface area contributed by atoms with E-state index in [4.69, 9.17) is 14.6 Å². The molecule has 1 aliphatic rings. The highest BCUT2D eigenvalue weighted by molar-refractivity contribution is 5.98. The van der Waals surface area contributed by atoms with Gasteiger partial charge in [0, 0.05) is 13.1 Å². The molecule has 0 bridgehead atoms. The molecule has 0 atom stereocenters. The Morgan fingerprint density at radius 3 is 2.56 bits per heavy atom. The zero-order valence-corrected chi connectivity index (χ0v) is 14.1. The van der Waals surface area contributed by atoms with Crippen LogP contribution in [0.4, 0.5) is 0 Å².